The van der Waals surface area contributed by atoms with E-state index in [1.165, 1.54) is 24.3 Å². The molecular weight excluding hydrogens is 329 g/mol. The lowest BCUT2D eigenvalue weighted by Gasteiger charge is -2.32. The zero-order chi connectivity index (χ0) is 16.9. The molecule has 0 spiro atoms. The normalized spacial score (nSPS) is 15.5. The molecule has 0 amide bonds. The van der Waals surface area contributed by atoms with Crippen LogP contribution in [0.1, 0.15) is 18.4 Å². The Hall–Kier alpha value is -1.96. The minimum atomic E-state index is -0.367. The zero-order valence-electron chi connectivity index (χ0n) is 13.8. The van der Waals surface area contributed by atoms with Crippen molar-refractivity contribution in [2.75, 3.05) is 30.9 Å². The first kappa shape index (κ1) is 16.9. The highest BCUT2D eigenvalue weighted by Gasteiger charge is 2.23. The van der Waals surface area contributed by atoms with Crippen LogP contribution in [0.5, 0.6) is 5.88 Å². The molecule has 3 rings (SSSR count). The van der Waals surface area contributed by atoms with Crippen LogP contribution in [0.2, 0.25) is 0 Å². The van der Waals surface area contributed by atoms with Crippen LogP contribution < -0.4 is 9.64 Å². The van der Waals surface area contributed by atoms with E-state index in [4.69, 9.17) is 4.74 Å². The fraction of sp³-hybridized carbons (Fsp3) is 0.500. The summed E-state index contributed by atoms with van der Waals surface area (Å²) in [5.41, 5.74) is 0.938. The predicted octanol–water partition coefficient (Wildman–Crippen LogP) is 2.73. The number of hydrogen-bond donors (Lipinski definition) is 0. The Kier molecular flexibility index (Phi) is 5.44. The van der Waals surface area contributed by atoms with E-state index in [-0.39, 0.29) is 5.82 Å². The molecule has 6 nitrogen and oxygen atoms in total. The fourth-order valence-electron chi connectivity index (χ4n) is 2.70. The second-order valence-corrected chi connectivity index (χ2v) is 6.55. The molecule has 3 heterocycles. The number of ether oxygens (including phenoxy) is 1. The smallest absolute Gasteiger partial charge is 0.220 e. The monoisotopic (exact) mass is 349 g/mol. The van der Waals surface area contributed by atoms with Crippen molar-refractivity contribution in [1.29, 1.82) is 0 Å². The molecule has 0 saturated carbocycles. The summed E-state index contributed by atoms with van der Waals surface area (Å²) in [6, 6.07) is 0. The second kappa shape index (κ2) is 7.74. The van der Waals surface area contributed by atoms with Gasteiger partial charge in [-0.25, -0.2) is 19.3 Å². The number of aromatic nitrogens is 4. The number of hydrogen-bond acceptors (Lipinski definition) is 7. The van der Waals surface area contributed by atoms with Crippen molar-refractivity contribution >= 4 is 17.6 Å². The third-order valence-electron chi connectivity index (χ3n) is 4.10. The van der Waals surface area contributed by atoms with Crippen LogP contribution in [-0.4, -0.2) is 45.9 Å². The average molecular weight is 349 g/mol. The molecule has 2 aromatic rings. The highest BCUT2D eigenvalue weighted by Crippen LogP contribution is 2.25. The van der Waals surface area contributed by atoms with Gasteiger partial charge in [-0.15, -0.1) is 0 Å². The third kappa shape index (κ3) is 3.92. The lowest BCUT2D eigenvalue weighted by Crippen LogP contribution is -2.36. The molecule has 0 aliphatic carbocycles. The van der Waals surface area contributed by atoms with Crippen LogP contribution in [0.25, 0.3) is 0 Å². The SMILES string of the molecule is CSc1ncc(C)c(OCC2CCN(c3ncncc3F)CC2)n1. The van der Waals surface area contributed by atoms with Gasteiger partial charge in [0.25, 0.3) is 0 Å². The molecular formula is C16H20FN5OS. The second-order valence-electron chi connectivity index (χ2n) is 5.78. The molecule has 0 N–H and O–H groups in total. The summed E-state index contributed by atoms with van der Waals surface area (Å²) in [7, 11) is 0. The fourth-order valence-corrected chi connectivity index (χ4v) is 3.04. The van der Waals surface area contributed by atoms with Crippen molar-refractivity contribution in [2.24, 2.45) is 5.92 Å². The molecule has 2 aromatic heterocycles. The summed E-state index contributed by atoms with van der Waals surface area (Å²) in [5.74, 6) is 1.10. The zero-order valence-corrected chi connectivity index (χ0v) is 14.6. The predicted molar refractivity (Wildman–Crippen MR) is 91.0 cm³/mol. The van der Waals surface area contributed by atoms with E-state index in [0.717, 1.165) is 31.5 Å². The summed E-state index contributed by atoms with van der Waals surface area (Å²) in [6.45, 7) is 4.09. The highest BCUT2D eigenvalue weighted by atomic mass is 32.2. The number of aryl methyl sites for hydroxylation is 1. The van der Waals surface area contributed by atoms with Gasteiger partial charge >= 0.3 is 0 Å². The van der Waals surface area contributed by atoms with E-state index < -0.39 is 0 Å². The summed E-state index contributed by atoms with van der Waals surface area (Å²) in [6.07, 6.45) is 8.19. The maximum absolute atomic E-state index is 13.7. The number of halogens is 1. The van der Waals surface area contributed by atoms with Crippen molar-refractivity contribution in [3.05, 3.63) is 30.1 Å². The van der Waals surface area contributed by atoms with E-state index in [1.807, 2.05) is 18.1 Å². The maximum atomic E-state index is 13.7. The van der Waals surface area contributed by atoms with Gasteiger partial charge in [0.15, 0.2) is 16.8 Å². The van der Waals surface area contributed by atoms with E-state index in [2.05, 4.69) is 19.9 Å². The molecule has 0 atom stereocenters. The Morgan fingerprint density at radius 3 is 2.79 bits per heavy atom. The van der Waals surface area contributed by atoms with E-state index in [0.29, 0.717) is 29.4 Å². The molecule has 128 valence electrons. The lowest BCUT2D eigenvalue weighted by molar-refractivity contribution is 0.213. The van der Waals surface area contributed by atoms with Crippen LogP contribution in [-0.2, 0) is 0 Å². The molecule has 1 aliphatic rings. The van der Waals surface area contributed by atoms with Crippen LogP contribution >= 0.6 is 11.8 Å². The van der Waals surface area contributed by atoms with Gasteiger partial charge in [0.1, 0.15) is 6.33 Å². The number of rotatable bonds is 5. The standard InChI is InChI=1S/C16H20FN5OS/c1-11-7-19-16(24-2)21-15(11)23-9-12-3-5-22(6-4-12)14-13(17)8-18-10-20-14/h7-8,10,12H,3-6,9H2,1-2H3. The molecule has 1 aliphatic heterocycles. The average Bonchev–Trinajstić information content (AvgIpc) is 2.62. The third-order valence-corrected chi connectivity index (χ3v) is 4.67. The molecule has 0 bridgehead atoms. The van der Waals surface area contributed by atoms with Crippen LogP contribution in [0.4, 0.5) is 10.2 Å². The highest BCUT2D eigenvalue weighted by molar-refractivity contribution is 7.98. The first-order valence-corrected chi connectivity index (χ1v) is 9.10. The Bertz CT molecular complexity index is 694. The molecule has 0 aromatic carbocycles. The van der Waals surface area contributed by atoms with Gasteiger partial charge in [-0.3, -0.25) is 0 Å². The molecule has 1 saturated heterocycles. The van der Waals surface area contributed by atoms with Crippen molar-refractivity contribution in [2.45, 2.75) is 24.9 Å². The van der Waals surface area contributed by atoms with Gasteiger partial charge in [0.05, 0.1) is 12.8 Å². The molecule has 8 heteroatoms. The van der Waals surface area contributed by atoms with Gasteiger partial charge in [-0.1, -0.05) is 11.8 Å². The Morgan fingerprint density at radius 1 is 1.29 bits per heavy atom. The first-order chi connectivity index (χ1) is 11.7. The van der Waals surface area contributed by atoms with Crippen molar-refractivity contribution < 1.29 is 9.13 Å². The number of anilines is 1. The van der Waals surface area contributed by atoms with Crippen molar-refractivity contribution in [3.63, 3.8) is 0 Å². The number of nitrogens with zero attached hydrogens (tertiary/aromatic N) is 5. The van der Waals surface area contributed by atoms with Gasteiger partial charge in [0.2, 0.25) is 5.88 Å². The van der Waals surface area contributed by atoms with Gasteiger partial charge in [-0.05, 0) is 31.9 Å². The van der Waals surface area contributed by atoms with E-state index in [1.54, 1.807) is 6.20 Å². The van der Waals surface area contributed by atoms with E-state index >= 15 is 0 Å². The lowest BCUT2D eigenvalue weighted by atomic mass is 9.98. The molecule has 0 unspecified atom stereocenters. The minimum absolute atomic E-state index is 0.367. The molecule has 24 heavy (non-hydrogen) atoms. The molecule has 1 fully saturated rings. The minimum Gasteiger partial charge on any atom is -0.477 e. The van der Waals surface area contributed by atoms with Crippen molar-refractivity contribution in [1.82, 2.24) is 19.9 Å². The van der Waals surface area contributed by atoms with E-state index in [9.17, 15) is 4.39 Å². The number of thioether (sulfide) groups is 1. The first-order valence-electron chi connectivity index (χ1n) is 7.88. The Morgan fingerprint density at radius 2 is 2.08 bits per heavy atom. The summed E-state index contributed by atoms with van der Waals surface area (Å²) < 4.78 is 19.6. The van der Waals surface area contributed by atoms with Crippen LogP contribution in [0, 0.1) is 18.7 Å². The van der Waals surface area contributed by atoms with Crippen molar-refractivity contribution in [3.8, 4) is 5.88 Å². The van der Waals surface area contributed by atoms with Gasteiger partial charge in [0, 0.05) is 24.8 Å². The topological polar surface area (TPSA) is 64.0 Å². The summed E-state index contributed by atoms with van der Waals surface area (Å²) >= 11 is 1.50. The summed E-state index contributed by atoms with van der Waals surface area (Å²) in [5, 5.41) is 0.713. The van der Waals surface area contributed by atoms with Crippen LogP contribution in [0.3, 0.4) is 0 Å². The molecule has 0 radical (unpaired) electrons. The number of piperidine rings is 1. The van der Waals surface area contributed by atoms with Gasteiger partial charge < -0.3 is 9.64 Å². The quantitative estimate of drug-likeness (QED) is 0.607. The van der Waals surface area contributed by atoms with Crippen LogP contribution in [0.15, 0.2) is 23.9 Å². The maximum Gasteiger partial charge on any atom is 0.220 e. The largest absolute Gasteiger partial charge is 0.477 e. The Balaban J connectivity index is 1.54. The Labute approximate surface area is 144 Å². The van der Waals surface area contributed by atoms with Gasteiger partial charge in [-0.2, -0.15) is 4.98 Å². The summed E-state index contributed by atoms with van der Waals surface area (Å²) in [4.78, 5) is 18.3.